The number of nitrogens with zero attached hydrogens (tertiary/aromatic N) is 6. The molecule has 2 aliphatic heterocycles. The van der Waals surface area contributed by atoms with Crippen LogP contribution >= 0.6 is 0 Å². The summed E-state index contributed by atoms with van der Waals surface area (Å²) in [5, 5.41) is 19.7. The van der Waals surface area contributed by atoms with Crippen LogP contribution in [0.15, 0.2) is 22.9 Å². The van der Waals surface area contributed by atoms with Gasteiger partial charge in [0.05, 0.1) is 11.7 Å². The molecule has 0 bridgehead atoms. The average Bonchev–Trinajstić information content (AvgIpc) is 3.65. The summed E-state index contributed by atoms with van der Waals surface area (Å²) in [7, 11) is 0. The molecule has 34 heavy (non-hydrogen) atoms. The van der Waals surface area contributed by atoms with E-state index in [1.54, 1.807) is 6.07 Å². The number of carbonyl (C=O) groups excluding carboxylic acids is 1. The quantitative estimate of drug-likeness (QED) is 0.628. The zero-order valence-corrected chi connectivity index (χ0v) is 19.7. The Morgan fingerprint density at radius 3 is 2.65 bits per heavy atom. The van der Waals surface area contributed by atoms with E-state index in [0.29, 0.717) is 25.1 Å². The highest BCUT2D eigenvalue weighted by Crippen LogP contribution is 2.39. The summed E-state index contributed by atoms with van der Waals surface area (Å²) in [6, 6.07) is 3.52. The van der Waals surface area contributed by atoms with E-state index in [1.807, 2.05) is 21.7 Å². The van der Waals surface area contributed by atoms with Gasteiger partial charge in [0.1, 0.15) is 11.4 Å². The summed E-state index contributed by atoms with van der Waals surface area (Å²) >= 11 is 0. The van der Waals surface area contributed by atoms with Crippen molar-refractivity contribution in [3.8, 4) is 0 Å². The molecule has 0 aromatic carbocycles. The molecule has 1 amide bonds. The van der Waals surface area contributed by atoms with E-state index in [9.17, 15) is 9.90 Å². The van der Waals surface area contributed by atoms with E-state index in [2.05, 4.69) is 17.0 Å². The molecule has 1 saturated carbocycles. The third kappa shape index (κ3) is 3.66. The Labute approximate surface area is 198 Å². The zero-order chi connectivity index (χ0) is 23.3. The summed E-state index contributed by atoms with van der Waals surface area (Å²) in [5.41, 5.74) is 2.05. The standard InChI is InChI=1S/C25H32N6O3/c1-17-16-31-22(26-23(17)29-11-6-7-12-29)15-18(27-31)20-8-2-5-13-30(20)24(32)19-14-21(34-28-19)25(33)9-3-4-10-25/h14-16,20,33H,2-13H2,1H3/t20-/m0/s1. The number of likely N-dealkylation sites (tertiary alicyclic amines) is 1. The van der Waals surface area contributed by atoms with Crippen molar-refractivity contribution in [1.29, 1.82) is 0 Å². The van der Waals surface area contributed by atoms with Gasteiger partial charge in [-0.2, -0.15) is 5.10 Å². The van der Waals surface area contributed by atoms with Gasteiger partial charge in [0.15, 0.2) is 17.1 Å². The van der Waals surface area contributed by atoms with Crippen LogP contribution in [0.3, 0.4) is 0 Å². The molecule has 9 heteroatoms. The van der Waals surface area contributed by atoms with Crippen molar-refractivity contribution >= 4 is 17.4 Å². The number of amides is 1. The third-order valence-electron chi connectivity index (χ3n) is 7.75. The van der Waals surface area contributed by atoms with Crippen molar-refractivity contribution in [1.82, 2.24) is 24.7 Å². The van der Waals surface area contributed by atoms with Crippen LogP contribution in [0.2, 0.25) is 0 Å². The molecule has 0 radical (unpaired) electrons. The van der Waals surface area contributed by atoms with E-state index in [1.165, 1.54) is 12.8 Å². The Morgan fingerprint density at radius 1 is 1.09 bits per heavy atom. The van der Waals surface area contributed by atoms with E-state index >= 15 is 0 Å². The predicted molar refractivity (Wildman–Crippen MR) is 126 cm³/mol. The third-order valence-corrected chi connectivity index (χ3v) is 7.75. The minimum Gasteiger partial charge on any atom is -0.382 e. The molecule has 3 aliphatic rings. The molecule has 1 aliphatic carbocycles. The maximum Gasteiger partial charge on any atom is 0.276 e. The highest BCUT2D eigenvalue weighted by molar-refractivity contribution is 5.92. The number of aliphatic hydroxyl groups is 1. The first-order valence-electron chi connectivity index (χ1n) is 12.6. The number of fused-ring (bicyclic) bond motifs is 1. The van der Waals surface area contributed by atoms with Crippen molar-refractivity contribution in [2.24, 2.45) is 0 Å². The summed E-state index contributed by atoms with van der Waals surface area (Å²) < 4.78 is 7.28. The van der Waals surface area contributed by atoms with Gasteiger partial charge >= 0.3 is 0 Å². The molecule has 3 fully saturated rings. The largest absolute Gasteiger partial charge is 0.382 e. The highest BCUT2D eigenvalue weighted by atomic mass is 16.5. The SMILES string of the molecule is Cc1cn2nc([C@@H]3CCCCN3C(=O)c3cc(C4(O)CCCC4)on3)cc2nc1N1CCCC1. The van der Waals surface area contributed by atoms with Gasteiger partial charge in [0, 0.05) is 43.5 Å². The molecule has 180 valence electrons. The minimum absolute atomic E-state index is 0.131. The monoisotopic (exact) mass is 464 g/mol. The Hall–Kier alpha value is -2.94. The van der Waals surface area contributed by atoms with Crippen LogP contribution in [-0.4, -0.2) is 55.3 Å². The number of piperidine rings is 1. The van der Waals surface area contributed by atoms with Gasteiger partial charge in [-0.15, -0.1) is 0 Å². The Balaban J connectivity index is 1.28. The van der Waals surface area contributed by atoms with Crippen molar-refractivity contribution in [3.63, 3.8) is 0 Å². The number of aromatic nitrogens is 4. The molecule has 3 aromatic heterocycles. The fourth-order valence-corrected chi connectivity index (χ4v) is 5.86. The van der Waals surface area contributed by atoms with Crippen molar-refractivity contribution in [2.75, 3.05) is 24.5 Å². The van der Waals surface area contributed by atoms with Gasteiger partial charge in [-0.05, 0) is 64.7 Å². The van der Waals surface area contributed by atoms with Crippen LogP contribution in [0.25, 0.3) is 5.65 Å². The molecule has 1 N–H and O–H groups in total. The molecule has 1 atom stereocenters. The number of carbonyl (C=O) groups is 1. The average molecular weight is 465 g/mol. The van der Waals surface area contributed by atoms with Crippen molar-refractivity contribution in [3.05, 3.63) is 41.0 Å². The summed E-state index contributed by atoms with van der Waals surface area (Å²) in [6.45, 7) is 4.82. The molecular formula is C25H32N6O3. The molecule has 0 spiro atoms. The fourth-order valence-electron chi connectivity index (χ4n) is 5.86. The minimum atomic E-state index is -0.995. The maximum absolute atomic E-state index is 13.5. The Morgan fingerprint density at radius 2 is 1.85 bits per heavy atom. The molecule has 5 heterocycles. The van der Waals surface area contributed by atoms with Crippen LogP contribution < -0.4 is 4.90 Å². The molecular weight excluding hydrogens is 432 g/mol. The number of hydrogen-bond acceptors (Lipinski definition) is 7. The lowest BCUT2D eigenvalue weighted by Gasteiger charge is -2.34. The number of aryl methyl sites for hydroxylation is 1. The first-order valence-corrected chi connectivity index (χ1v) is 12.6. The normalized spacial score (nSPS) is 22.7. The van der Waals surface area contributed by atoms with Crippen LogP contribution in [0.4, 0.5) is 5.82 Å². The first kappa shape index (κ1) is 21.6. The molecule has 3 aromatic rings. The smallest absolute Gasteiger partial charge is 0.276 e. The number of anilines is 1. The van der Waals surface area contributed by atoms with Gasteiger partial charge in [0.25, 0.3) is 5.91 Å². The van der Waals surface area contributed by atoms with Gasteiger partial charge in [0.2, 0.25) is 0 Å². The molecule has 9 nitrogen and oxygen atoms in total. The Bertz CT molecular complexity index is 1200. The van der Waals surface area contributed by atoms with Gasteiger partial charge in [-0.1, -0.05) is 5.16 Å². The van der Waals surface area contributed by atoms with E-state index in [-0.39, 0.29) is 17.6 Å². The second-order valence-corrected chi connectivity index (χ2v) is 10.1. The lowest BCUT2D eigenvalue weighted by Crippen LogP contribution is -2.38. The van der Waals surface area contributed by atoms with E-state index < -0.39 is 5.60 Å². The highest BCUT2D eigenvalue weighted by Gasteiger charge is 2.39. The van der Waals surface area contributed by atoms with Crippen LogP contribution in [0.1, 0.15) is 91.3 Å². The van der Waals surface area contributed by atoms with E-state index in [0.717, 1.165) is 67.9 Å². The summed E-state index contributed by atoms with van der Waals surface area (Å²) in [5.74, 6) is 1.28. The van der Waals surface area contributed by atoms with Gasteiger partial charge < -0.3 is 19.4 Å². The van der Waals surface area contributed by atoms with Crippen molar-refractivity contribution in [2.45, 2.75) is 76.4 Å². The second-order valence-electron chi connectivity index (χ2n) is 10.1. The lowest BCUT2D eigenvalue weighted by molar-refractivity contribution is 0.0162. The fraction of sp³-hybridized carbons (Fsp3) is 0.600. The van der Waals surface area contributed by atoms with Gasteiger partial charge in [-0.3, -0.25) is 4.79 Å². The Kier molecular flexibility index (Phi) is 5.32. The zero-order valence-electron chi connectivity index (χ0n) is 19.7. The number of hydrogen-bond donors (Lipinski definition) is 1. The van der Waals surface area contributed by atoms with Crippen molar-refractivity contribution < 1.29 is 14.4 Å². The predicted octanol–water partition coefficient (Wildman–Crippen LogP) is 3.75. The molecule has 6 rings (SSSR count). The van der Waals surface area contributed by atoms with E-state index in [4.69, 9.17) is 14.6 Å². The van der Waals surface area contributed by atoms with Crippen LogP contribution in [-0.2, 0) is 5.60 Å². The van der Waals surface area contributed by atoms with Crippen LogP contribution in [0.5, 0.6) is 0 Å². The second kappa shape index (κ2) is 8.37. The van der Waals surface area contributed by atoms with Gasteiger partial charge in [-0.25, -0.2) is 9.50 Å². The molecule has 0 unspecified atom stereocenters. The maximum atomic E-state index is 13.5. The first-order chi connectivity index (χ1) is 16.5. The summed E-state index contributed by atoms with van der Waals surface area (Å²) in [4.78, 5) is 22.6. The molecule has 2 saturated heterocycles. The lowest BCUT2D eigenvalue weighted by atomic mass is 9.97. The number of rotatable bonds is 4. The topological polar surface area (TPSA) is 100 Å². The van der Waals surface area contributed by atoms with Crippen LogP contribution in [0, 0.1) is 6.92 Å². The summed E-state index contributed by atoms with van der Waals surface area (Å²) in [6.07, 6.45) is 10.5.